The summed E-state index contributed by atoms with van der Waals surface area (Å²) < 4.78 is 23.4. The van der Waals surface area contributed by atoms with Gasteiger partial charge < -0.3 is 4.55 Å². The number of nitrogens with one attached hydrogen (secondary N) is 1. The number of rotatable bonds is 5. The van der Waals surface area contributed by atoms with Crippen LogP contribution in [0.1, 0.15) is 5.56 Å². The first kappa shape index (κ1) is 15.1. The zero-order valence-corrected chi connectivity index (χ0v) is 13.3. The Morgan fingerprint density at radius 2 is 1.59 bits per heavy atom. The molecule has 112 valence electrons. The van der Waals surface area contributed by atoms with Crippen molar-refractivity contribution in [2.24, 2.45) is 0 Å². The molecule has 0 spiro atoms. The molecule has 5 heteroatoms. The first-order valence-electron chi connectivity index (χ1n) is 6.78. The maximum atomic E-state index is 10.5. The fraction of sp³-hybridized carbons (Fsp3) is 0.0588. The smallest absolute Gasteiger partial charge is 0.0346 e. The molecule has 0 fully saturated rings. The van der Waals surface area contributed by atoms with Crippen LogP contribution in [0.2, 0.25) is 0 Å². The minimum Gasteiger partial charge on any atom is -0.760 e. The minimum absolute atomic E-state index is 0.328. The van der Waals surface area contributed by atoms with Crippen LogP contribution in [-0.2, 0) is 17.8 Å². The Balaban J connectivity index is 1.77. The van der Waals surface area contributed by atoms with E-state index in [1.165, 1.54) is 11.1 Å². The van der Waals surface area contributed by atoms with E-state index in [-0.39, 0.29) is 0 Å². The lowest BCUT2D eigenvalue weighted by Gasteiger charge is -2.05. The van der Waals surface area contributed by atoms with Crippen molar-refractivity contribution >= 4 is 22.6 Å². The molecule has 0 aliphatic heterocycles. The highest BCUT2D eigenvalue weighted by atomic mass is 32.2. The van der Waals surface area contributed by atoms with Crippen LogP contribution in [0.3, 0.4) is 0 Å². The number of hydrogen-bond acceptors (Lipinski definition) is 3. The molecule has 1 heterocycles. The summed E-state index contributed by atoms with van der Waals surface area (Å²) in [5.41, 5.74) is 4.49. The van der Waals surface area contributed by atoms with Gasteiger partial charge in [0.05, 0.1) is 0 Å². The highest BCUT2D eigenvalue weighted by Gasteiger charge is 2.04. The van der Waals surface area contributed by atoms with Crippen LogP contribution < -0.4 is 4.72 Å². The van der Waals surface area contributed by atoms with Gasteiger partial charge in [-0.05, 0) is 33.7 Å². The van der Waals surface area contributed by atoms with Crippen molar-refractivity contribution in [2.75, 3.05) is 0 Å². The fourth-order valence-corrected chi connectivity index (χ4v) is 3.43. The van der Waals surface area contributed by atoms with Gasteiger partial charge in [-0.2, -0.15) is 0 Å². The van der Waals surface area contributed by atoms with Gasteiger partial charge in [0.25, 0.3) is 0 Å². The van der Waals surface area contributed by atoms with E-state index in [1.54, 1.807) is 11.3 Å². The molecular formula is C17H14NO2S2-. The Morgan fingerprint density at radius 1 is 0.955 bits per heavy atom. The Bertz CT molecular complexity index is 767. The maximum absolute atomic E-state index is 10.5. The molecule has 0 aliphatic carbocycles. The van der Waals surface area contributed by atoms with Gasteiger partial charge in [0, 0.05) is 22.7 Å². The summed E-state index contributed by atoms with van der Waals surface area (Å²) >= 11 is -0.606. The topological polar surface area (TPSA) is 52.2 Å². The van der Waals surface area contributed by atoms with E-state index in [4.69, 9.17) is 0 Å². The van der Waals surface area contributed by atoms with Crippen LogP contribution in [-0.4, -0.2) is 8.76 Å². The largest absolute Gasteiger partial charge is 0.760 e. The summed E-state index contributed by atoms with van der Waals surface area (Å²) in [5, 5.41) is 1.97. The monoisotopic (exact) mass is 328 g/mol. The fourth-order valence-electron chi connectivity index (χ4n) is 2.22. The lowest BCUT2D eigenvalue weighted by molar-refractivity contribution is 0.522. The highest BCUT2D eigenvalue weighted by molar-refractivity contribution is 7.77. The molecule has 1 atom stereocenters. The molecular weight excluding hydrogens is 314 g/mol. The normalized spacial score (nSPS) is 12.2. The molecule has 22 heavy (non-hydrogen) atoms. The molecule has 2 aromatic carbocycles. The predicted octanol–water partition coefficient (Wildman–Crippen LogP) is 3.97. The average Bonchev–Trinajstić information content (AvgIpc) is 3.03. The van der Waals surface area contributed by atoms with Crippen LogP contribution in [0.25, 0.3) is 21.6 Å². The van der Waals surface area contributed by atoms with Crippen LogP contribution in [0.15, 0.2) is 66.0 Å². The second kappa shape index (κ2) is 6.98. The third-order valence-electron chi connectivity index (χ3n) is 3.32. The summed E-state index contributed by atoms with van der Waals surface area (Å²) in [4.78, 5) is 1.13. The van der Waals surface area contributed by atoms with Gasteiger partial charge in [-0.25, -0.2) is 4.72 Å². The van der Waals surface area contributed by atoms with Crippen molar-refractivity contribution in [3.05, 3.63) is 71.6 Å². The van der Waals surface area contributed by atoms with Crippen molar-refractivity contribution < 1.29 is 8.76 Å². The van der Waals surface area contributed by atoms with Crippen molar-refractivity contribution in [1.82, 2.24) is 4.72 Å². The Morgan fingerprint density at radius 3 is 2.27 bits per heavy atom. The summed E-state index contributed by atoms with van der Waals surface area (Å²) in [7, 11) is 0. The van der Waals surface area contributed by atoms with Crippen molar-refractivity contribution in [3.63, 3.8) is 0 Å². The van der Waals surface area contributed by atoms with Gasteiger partial charge in [0.1, 0.15) is 0 Å². The van der Waals surface area contributed by atoms with Gasteiger partial charge in [-0.15, -0.1) is 11.3 Å². The Hall–Kier alpha value is -1.79. The van der Waals surface area contributed by atoms with Gasteiger partial charge in [0.2, 0.25) is 0 Å². The minimum atomic E-state index is -2.22. The molecule has 0 saturated carbocycles. The van der Waals surface area contributed by atoms with Gasteiger partial charge >= 0.3 is 0 Å². The van der Waals surface area contributed by atoms with E-state index in [9.17, 15) is 8.76 Å². The molecule has 0 radical (unpaired) electrons. The van der Waals surface area contributed by atoms with E-state index in [1.807, 2.05) is 29.6 Å². The van der Waals surface area contributed by atoms with E-state index in [0.717, 1.165) is 16.0 Å². The van der Waals surface area contributed by atoms with Gasteiger partial charge in [-0.3, -0.25) is 4.21 Å². The molecule has 3 nitrogen and oxygen atoms in total. The van der Waals surface area contributed by atoms with E-state index in [2.05, 4.69) is 41.1 Å². The van der Waals surface area contributed by atoms with Crippen molar-refractivity contribution in [3.8, 4) is 21.6 Å². The molecule has 0 bridgehead atoms. The van der Waals surface area contributed by atoms with Gasteiger partial charge in [0.15, 0.2) is 0 Å². The van der Waals surface area contributed by atoms with E-state index in [0.29, 0.717) is 6.54 Å². The molecule has 3 aromatic rings. The third-order valence-corrected chi connectivity index (χ3v) is 4.73. The molecule has 1 N–H and O–H groups in total. The van der Waals surface area contributed by atoms with Gasteiger partial charge in [-0.1, -0.05) is 54.6 Å². The van der Waals surface area contributed by atoms with E-state index >= 15 is 0 Å². The van der Waals surface area contributed by atoms with Crippen molar-refractivity contribution in [2.45, 2.75) is 6.54 Å². The number of benzene rings is 2. The standard InChI is InChI=1S/C17H15NO2S2/c19-22(20)18-11-13-10-17(21-12-13)16-8-6-15(7-9-16)14-4-2-1-3-5-14/h1-10,12,18H,11H2,(H,19,20)/p-1. The lowest BCUT2D eigenvalue weighted by Crippen LogP contribution is -2.14. The summed E-state index contributed by atoms with van der Waals surface area (Å²) in [5.74, 6) is 0. The maximum Gasteiger partial charge on any atom is 0.0346 e. The Kier molecular flexibility index (Phi) is 4.80. The Labute approximate surface area is 136 Å². The van der Waals surface area contributed by atoms with Crippen LogP contribution in [0.4, 0.5) is 0 Å². The zero-order valence-electron chi connectivity index (χ0n) is 11.7. The molecule has 1 unspecified atom stereocenters. The number of hydrogen-bond donors (Lipinski definition) is 1. The lowest BCUT2D eigenvalue weighted by atomic mass is 10.0. The second-order valence-corrected chi connectivity index (χ2v) is 6.49. The highest BCUT2D eigenvalue weighted by Crippen LogP contribution is 2.29. The van der Waals surface area contributed by atoms with Crippen LogP contribution in [0.5, 0.6) is 0 Å². The SMILES string of the molecule is O=S([O-])NCc1csc(-c2ccc(-c3ccccc3)cc2)c1. The van der Waals surface area contributed by atoms with Crippen molar-refractivity contribution in [1.29, 1.82) is 0 Å². The molecule has 1 aromatic heterocycles. The first-order chi connectivity index (χ1) is 10.7. The molecule has 3 rings (SSSR count). The zero-order chi connectivity index (χ0) is 15.4. The second-order valence-electron chi connectivity index (χ2n) is 4.82. The molecule has 0 amide bonds. The third kappa shape index (κ3) is 3.69. The summed E-state index contributed by atoms with van der Waals surface area (Å²) in [6.07, 6.45) is 0. The van der Waals surface area contributed by atoms with Crippen LogP contribution in [0, 0.1) is 0 Å². The predicted molar refractivity (Wildman–Crippen MR) is 91.0 cm³/mol. The molecule has 0 saturated heterocycles. The van der Waals surface area contributed by atoms with E-state index < -0.39 is 11.3 Å². The molecule has 0 aliphatic rings. The van der Waals surface area contributed by atoms with Crippen LogP contribution >= 0.6 is 11.3 Å². The summed E-state index contributed by atoms with van der Waals surface area (Å²) in [6, 6.07) is 20.7. The quantitative estimate of drug-likeness (QED) is 0.721. The summed E-state index contributed by atoms with van der Waals surface area (Å²) in [6.45, 7) is 0.328. The number of thiophene rings is 1. The first-order valence-corrected chi connectivity index (χ1v) is 8.74. The average molecular weight is 328 g/mol.